The average Bonchev–Trinajstić information content (AvgIpc) is 2.57. The van der Waals surface area contributed by atoms with Crippen molar-refractivity contribution in [3.05, 3.63) is 60.4 Å². The lowest BCUT2D eigenvalue weighted by atomic mass is 10.2. The minimum absolute atomic E-state index is 0.128. The molecule has 3 N–H and O–H groups in total. The molecule has 6 heteroatoms. The van der Waals surface area contributed by atoms with Crippen molar-refractivity contribution < 1.29 is 4.79 Å². The molecule has 114 valence electrons. The number of anilines is 1. The molecule has 1 aromatic carbocycles. The van der Waals surface area contributed by atoms with E-state index in [9.17, 15) is 4.79 Å². The van der Waals surface area contributed by atoms with Crippen LogP contribution in [0.4, 0.5) is 5.69 Å². The molecule has 0 saturated heterocycles. The van der Waals surface area contributed by atoms with Crippen LogP contribution in [0.25, 0.3) is 0 Å². The number of nitrogens with zero attached hydrogens (tertiary/aromatic N) is 2. The Bertz CT molecular complexity index is 613. The zero-order valence-electron chi connectivity index (χ0n) is 12.4. The van der Waals surface area contributed by atoms with E-state index in [0.717, 1.165) is 5.56 Å². The number of benzene rings is 1. The van der Waals surface area contributed by atoms with Crippen LogP contribution in [-0.4, -0.2) is 30.4 Å². The summed E-state index contributed by atoms with van der Waals surface area (Å²) in [7, 11) is 1.67. The number of hydrogen-bond acceptors (Lipinski definition) is 3. The highest BCUT2D eigenvalue weighted by atomic mass is 16.1. The van der Waals surface area contributed by atoms with Gasteiger partial charge in [-0.3, -0.25) is 14.8 Å². The molecule has 0 unspecified atom stereocenters. The topological polar surface area (TPSA) is 78.4 Å². The number of aromatic nitrogens is 1. The van der Waals surface area contributed by atoms with Crippen molar-refractivity contribution in [2.45, 2.75) is 6.54 Å². The Balaban J connectivity index is 1.75. The molecule has 0 spiro atoms. The number of hydrogen-bond donors (Lipinski definition) is 3. The van der Waals surface area contributed by atoms with E-state index in [0.29, 0.717) is 18.2 Å². The van der Waals surface area contributed by atoms with Crippen molar-refractivity contribution >= 4 is 17.6 Å². The standard InChI is InChI=1S/C16H19N5O/c1-17-16(19-10-13-6-3-2-4-7-13)20-12-15(22)21-14-8-5-9-18-11-14/h2-9,11H,10,12H2,1H3,(H,21,22)(H2,17,19,20). The molecular weight excluding hydrogens is 278 g/mol. The summed E-state index contributed by atoms with van der Waals surface area (Å²) in [4.78, 5) is 19.8. The van der Waals surface area contributed by atoms with Crippen LogP contribution in [0.3, 0.4) is 0 Å². The second kappa shape index (κ2) is 8.41. The number of guanidine groups is 1. The van der Waals surface area contributed by atoms with Gasteiger partial charge in [0.05, 0.1) is 18.4 Å². The second-order valence-corrected chi connectivity index (χ2v) is 4.55. The third-order valence-corrected chi connectivity index (χ3v) is 2.89. The minimum Gasteiger partial charge on any atom is -0.352 e. The van der Waals surface area contributed by atoms with Crippen molar-refractivity contribution in [2.24, 2.45) is 4.99 Å². The highest BCUT2D eigenvalue weighted by Gasteiger charge is 2.04. The highest BCUT2D eigenvalue weighted by Crippen LogP contribution is 2.01. The highest BCUT2D eigenvalue weighted by molar-refractivity contribution is 5.94. The molecule has 22 heavy (non-hydrogen) atoms. The predicted molar refractivity (Wildman–Crippen MR) is 87.5 cm³/mol. The molecule has 6 nitrogen and oxygen atoms in total. The summed E-state index contributed by atoms with van der Waals surface area (Å²) in [6.07, 6.45) is 3.25. The first-order valence-electron chi connectivity index (χ1n) is 6.96. The van der Waals surface area contributed by atoms with Gasteiger partial charge in [0, 0.05) is 19.8 Å². The van der Waals surface area contributed by atoms with Crippen LogP contribution < -0.4 is 16.0 Å². The van der Waals surface area contributed by atoms with Crippen molar-refractivity contribution in [3.63, 3.8) is 0 Å². The molecule has 2 rings (SSSR count). The quantitative estimate of drug-likeness (QED) is 0.575. The van der Waals surface area contributed by atoms with Crippen LogP contribution in [0.2, 0.25) is 0 Å². The third kappa shape index (κ3) is 5.24. The maximum absolute atomic E-state index is 11.8. The van der Waals surface area contributed by atoms with Gasteiger partial charge in [-0.25, -0.2) is 0 Å². The summed E-state index contributed by atoms with van der Waals surface area (Å²) < 4.78 is 0. The molecule has 1 heterocycles. The van der Waals surface area contributed by atoms with Gasteiger partial charge in [0.25, 0.3) is 0 Å². The molecule has 0 bridgehead atoms. The Hall–Kier alpha value is -2.89. The van der Waals surface area contributed by atoms with Crippen LogP contribution in [0.15, 0.2) is 59.9 Å². The first-order valence-corrected chi connectivity index (χ1v) is 6.96. The Kier molecular flexibility index (Phi) is 5.92. The average molecular weight is 297 g/mol. The van der Waals surface area contributed by atoms with Crippen molar-refractivity contribution in [1.82, 2.24) is 15.6 Å². The van der Waals surface area contributed by atoms with Crippen molar-refractivity contribution in [2.75, 3.05) is 18.9 Å². The van der Waals surface area contributed by atoms with Gasteiger partial charge >= 0.3 is 0 Å². The van der Waals surface area contributed by atoms with Crippen LogP contribution in [0.5, 0.6) is 0 Å². The predicted octanol–water partition coefficient (Wildman–Crippen LogP) is 1.39. The third-order valence-electron chi connectivity index (χ3n) is 2.89. The first kappa shape index (κ1) is 15.5. The molecule has 1 amide bonds. The summed E-state index contributed by atoms with van der Waals surface area (Å²) in [5.74, 6) is 0.417. The smallest absolute Gasteiger partial charge is 0.243 e. The summed E-state index contributed by atoms with van der Waals surface area (Å²) in [6, 6.07) is 13.5. The largest absolute Gasteiger partial charge is 0.352 e. The van der Waals surface area contributed by atoms with E-state index >= 15 is 0 Å². The minimum atomic E-state index is -0.157. The fourth-order valence-electron chi connectivity index (χ4n) is 1.81. The molecule has 0 radical (unpaired) electrons. The Morgan fingerprint density at radius 1 is 1.14 bits per heavy atom. The Morgan fingerprint density at radius 2 is 1.95 bits per heavy atom. The fourth-order valence-corrected chi connectivity index (χ4v) is 1.81. The first-order chi connectivity index (χ1) is 10.8. The zero-order valence-corrected chi connectivity index (χ0v) is 12.4. The summed E-state index contributed by atoms with van der Waals surface area (Å²) in [5, 5.41) is 8.87. The molecular formula is C16H19N5O. The van der Waals surface area contributed by atoms with Crippen LogP contribution in [0, 0.1) is 0 Å². The maximum Gasteiger partial charge on any atom is 0.243 e. The van der Waals surface area contributed by atoms with E-state index in [1.54, 1.807) is 31.6 Å². The number of carbonyl (C=O) groups is 1. The normalized spacial score (nSPS) is 10.9. The van der Waals surface area contributed by atoms with Gasteiger partial charge < -0.3 is 16.0 Å². The summed E-state index contributed by atoms with van der Waals surface area (Å²) in [5.41, 5.74) is 1.81. The number of nitrogens with one attached hydrogen (secondary N) is 3. The lowest BCUT2D eigenvalue weighted by molar-refractivity contribution is -0.115. The van der Waals surface area contributed by atoms with Gasteiger partial charge in [0.1, 0.15) is 0 Å². The van der Waals surface area contributed by atoms with E-state index in [-0.39, 0.29) is 12.5 Å². The summed E-state index contributed by atoms with van der Waals surface area (Å²) in [6.45, 7) is 0.772. The molecule has 0 fully saturated rings. The second-order valence-electron chi connectivity index (χ2n) is 4.55. The van der Waals surface area contributed by atoms with E-state index in [2.05, 4.69) is 25.9 Å². The van der Waals surface area contributed by atoms with Gasteiger partial charge in [-0.2, -0.15) is 0 Å². The molecule has 2 aromatic rings. The number of pyridine rings is 1. The zero-order chi connectivity index (χ0) is 15.6. The van der Waals surface area contributed by atoms with Gasteiger partial charge in [-0.15, -0.1) is 0 Å². The van der Waals surface area contributed by atoms with Crippen LogP contribution in [-0.2, 0) is 11.3 Å². The molecule has 0 aliphatic rings. The number of aliphatic imine (C=N–C) groups is 1. The lowest BCUT2D eigenvalue weighted by Gasteiger charge is -2.12. The van der Waals surface area contributed by atoms with Crippen molar-refractivity contribution in [1.29, 1.82) is 0 Å². The number of amides is 1. The fraction of sp³-hybridized carbons (Fsp3) is 0.188. The summed E-state index contributed by atoms with van der Waals surface area (Å²) >= 11 is 0. The molecule has 0 atom stereocenters. The monoisotopic (exact) mass is 297 g/mol. The molecule has 0 aliphatic carbocycles. The molecule has 0 saturated carbocycles. The van der Waals surface area contributed by atoms with E-state index < -0.39 is 0 Å². The molecule has 0 aliphatic heterocycles. The number of rotatable bonds is 5. The van der Waals surface area contributed by atoms with Gasteiger partial charge in [-0.05, 0) is 17.7 Å². The van der Waals surface area contributed by atoms with E-state index in [4.69, 9.17) is 0 Å². The Labute approximate surface area is 129 Å². The maximum atomic E-state index is 11.8. The van der Waals surface area contributed by atoms with Gasteiger partial charge in [0.2, 0.25) is 5.91 Å². The van der Waals surface area contributed by atoms with E-state index in [1.165, 1.54) is 0 Å². The lowest BCUT2D eigenvalue weighted by Crippen LogP contribution is -2.41. The van der Waals surface area contributed by atoms with Crippen LogP contribution in [0.1, 0.15) is 5.56 Å². The van der Waals surface area contributed by atoms with Crippen LogP contribution >= 0.6 is 0 Å². The number of carbonyl (C=O) groups excluding carboxylic acids is 1. The van der Waals surface area contributed by atoms with Crippen molar-refractivity contribution in [3.8, 4) is 0 Å². The SMILES string of the molecule is CN=C(NCC(=O)Nc1cccnc1)NCc1ccccc1. The molecule has 1 aromatic heterocycles. The van der Waals surface area contributed by atoms with E-state index in [1.807, 2.05) is 30.3 Å². The Morgan fingerprint density at radius 3 is 2.64 bits per heavy atom. The van der Waals surface area contributed by atoms with Gasteiger partial charge in [0.15, 0.2) is 5.96 Å². The van der Waals surface area contributed by atoms with Gasteiger partial charge in [-0.1, -0.05) is 30.3 Å².